The lowest BCUT2D eigenvalue weighted by atomic mass is 9.83. The van der Waals surface area contributed by atoms with Crippen molar-refractivity contribution < 1.29 is 19.5 Å². The van der Waals surface area contributed by atoms with E-state index in [1.54, 1.807) is 0 Å². The van der Waals surface area contributed by atoms with Gasteiger partial charge in [-0.2, -0.15) is 0 Å². The smallest absolute Gasteiger partial charge is 0.328 e. The molecule has 3 N–H and O–H groups in total. The fourth-order valence-corrected chi connectivity index (χ4v) is 4.06. The second kappa shape index (κ2) is 7.44. The normalized spacial score (nSPS) is 20.0. The van der Waals surface area contributed by atoms with Gasteiger partial charge < -0.3 is 10.0 Å². The van der Waals surface area contributed by atoms with Crippen molar-refractivity contribution in [2.75, 3.05) is 13.2 Å². The molecule has 0 atom stereocenters. The molecule has 3 aliphatic rings. The average Bonchev–Trinajstić information content (AvgIpc) is 2.69. The van der Waals surface area contributed by atoms with Crippen LogP contribution in [0.5, 0.6) is 0 Å². The summed E-state index contributed by atoms with van der Waals surface area (Å²) < 4.78 is 0. The van der Waals surface area contributed by atoms with E-state index in [1.165, 1.54) is 0 Å². The number of aliphatic hydroxyl groups is 1. The van der Waals surface area contributed by atoms with Gasteiger partial charge in [-0.15, -0.1) is 0 Å². The molecule has 1 aromatic carbocycles. The third-order valence-electron chi connectivity index (χ3n) is 5.23. The van der Waals surface area contributed by atoms with Crippen LogP contribution in [0.15, 0.2) is 58.8 Å². The van der Waals surface area contributed by atoms with E-state index in [2.05, 4.69) is 15.5 Å². The lowest BCUT2D eigenvalue weighted by molar-refractivity contribution is -0.124. The molecule has 0 spiro atoms. The highest BCUT2D eigenvalue weighted by atomic mass is 16.3. The van der Waals surface area contributed by atoms with Gasteiger partial charge in [0, 0.05) is 17.9 Å². The first kappa shape index (κ1) is 18.2. The average molecular weight is 379 g/mol. The van der Waals surface area contributed by atoms with E-state index in [9.17, 15) is 19.5 Å². The predicted octanol–water partition coefficient (Wildman–Crippen LogP) is 1.83. The molecule has 28 heavy (non-hydrogen) atoms. The molecule has 0 aromatic heterocycles. The van der Waals surface area contributed by atoms with Gasteiger partial charge in [-0.3, -0.25) is 20.2 Å². The van der Waals surface area contributed by atoms with Crippen molar-refractivity contribution in [3.8, 4) is 0 Å². The number of nitrogens with zero attached hydrogens (tertiary/aromatic N) is 1. The van der Waals surface area contributed by atoms with E-state index in [-0.39, 0.29) is 12.2 Å². The number of allylic oxidation sites excluding steroid dienone is 4. The number of amides is 4. The molecule has 4 rings (SSSR count). The minimum absolute atomic E-state index is 0.0116. The Balaban J connectivity index is 1.93. The number of nitrogens with one attached hydrogen (secondary N) is 2. The molecule has 2 aliphatic heterocycles. The number of urea groups is 1. The van der Waals surface area contributed by atoms with Crippen LogP contribution in [0.25, 0.3) is 5.70 Å². The van der Waals surface area contributed by atoms with Gasteiger partial charge in [0.15, 0.2) is 0 Å². The molecule has 7 heteroatoms. The number of barbiturate groups is 1. The number of aliphatic hydroxyl groups excluding tert-OH is 1. The number of carbonyl (C=O) groups excluding carboxylic acids is 3. The van der Waals surface area contributed by atoms with Gasteiger partial charge in [-0.1, -0.05) is 30.3 Å². The summed E-state index contributed by atoms with van der Waals surface area (Å²) in [4.78, 5) is 38.5. The molecular weight excluding hydrogens is 358 g/mol. The van der Waals surface area contributed by atoms with Crippen molar-refractivity contribution in [2.24, 2.45) is 0 Å². The van der Waals surface area contributed by atoms with Crippen LogP contribution in [0, 0.1) is 0 Å². The van der Waals surface area contributed by atoms with Crippen molar-refractivity contribution in [3.05, 3.63) is 64.4 Å². The maximum absolute atomic E-state index is 12.5. The van der Waals surface area contributed by atoms with Gasteiger partial charge in [0.25, 0.3) is 11.8 Å². The quantitative estimate of drug-likeness (QED) is 0.550. The number of β-amino-alcohol motifs (C(OH)–C–C–N with tert-alkyl or cyclic N) is 1. The first-order valence-corrected chi connectivity index (χ1v) is 9.39. The first-order valence-electron chi connectivity index (χ1n) is 9.39. The van der Waals surface area contributed by atoms with Gasteiger partial charge in [0.05, 0.1) is 6.61 Å². The van der Waals surface area contributed by atoms with E-state index in [0.717, 1.165) is 48.2 Å². The second-order valence-electron chi connectivity index (χ2n) is 6.93. The molecule has 7 nitrogen and oxygen atoms in total. The van der Waals surface area contributed by atoms with E-state index in [0.29, 0.717) is 12.1 Å². The maximum Gasteiger partial charge on any atom is 0.328 e. The van der Waals surface area contributed by atoms with E-state index >= 15 is 0 Å². The lowest BCUT2D eigenvalue weighted by Crippen LogP contribution is -2.52. The van der Waals surface area contributed by atoms with Gasteiger partial charge in [0.2, 0.25) is 0 Å². The monoisotopic (exact) mass is 379 g/mol. The summed E-state index contributed by atoms with van der Waals surface area (Å²) in [6.07, 6.45) is 5.34. The molecule has 0 unspecified atom stereocenters. The van der Waals surface area contributed by atoms with Crippen molar-refractivity contribution >= 4 is 23.5 Å². The van der Waals surface area contributed by atoms with Crippen molar-refractivity contribution in [3.63, 3.8) is 0 Å². The standard InChI is InChI=1S/C21H21N3O4/c25-11-10-24-16-9-5-4-8-14(16)15(12-17(24)13-6-2-1-3-7-13)18-19(26)22-21(28)23-20(18)27/h1-3,6-7,12,25H,4-5,8-11H2,(H2,22,23,26,27,28). The highest BCUT2D eigenvalue weighted by Crippen LogP contribution is 2.42. The number of hydrogen-bond donors (Lipinski definition) is 3. The number of imide groups is 2. The molecule has 0 radical (unpaired) electrons. The third kappa shape index (κ3) is 3.14. The van der Waals surface area contributed by atoms with Crippen LogP contribution in [-0.4, -0.2) is 41.0 Å². The van der Waals surface area contributed by atoms with Crippen molar-refractivity contribution in [1.82, 2.24) is 15.5 Å². The Hall–Kier alpha value is -3.19. The van der Waals surface area contributed by atoms with Gasteiger partial charge >= 0.3 is 6.03 Å². The predicted molar refractivity (Wildman–Crippen MR) is 102 cm³/mol. The molecular formula is C21H21N3O4. The molecule has 1 saturated heterocycles. The van der Waals surface area contributed by atoms with Gasteiger partial charge in [-0.25, -0.2) is 4.79 Å². The first-order chi connectivity index (χ1) is 13.6. The Morgan fingerprint density at radius 2 is 1.64 bits per heavy atom. The summed E-state index contributed by atoms with van der Waals surface area (Å²) in [5.41, 5.74) is 4.25. The Kier molecular flexibility index (Phi) is 4.83. The highest BCUT2D eigenvalue weighted by Gasteiger charge is 2.36. The SMILES string of the molecule is O=C1NC(=O)C(=C2C=C(c3ccccc3)N(CCO)C3=C2CCCC3)C(=O)N1. The largest absolute Gasteiger partial charge is 0.395 e. The van der Waals surface area contributed by atoms with Crippen LogP contribution in [0.3, 0.4) is 0 Å². The molecule has 0 saturated carbocycles. The second-order valence-corrected chi connectivity index (χ2v) is 6.93. The Labute approximate surface area is 162 Å². The molecule has 1 aromatic rings. The van der Waals surface area contributed by atoms with E-state index in [1.807, 2.05) is 36.4 Å². The van der Waals surface area contributed by atoms with Crippen LogP contribution >= 0.6 is 0 Å². The Bertz CT molecular complexity index is 922. The number of carbonyl (C=O) groups is 3. The minimum Gasteiger partial charge on any atom is -0.395 e. The summed E-state index contributed by atoms with van der Waals surface area (Å²) in [6.45, 7) is 0.418. The molecule has 4 amide bonds. The van der Waals surface area contributed by atoms with Crippen LogP contribution in [0.1, 0.15) is 31.2 Å². The van der Waals surface area contributed by atoms with Crippen molar-refractivity contribution in [1.29, 1.82) is 0 Å². The van der Waals surface area contributed by atoms with Gasteiger partial charge in [0.1, 0.15) is 5.57 Å². The Morgan fingerprint density at radius 3 is 2.32 bits per heavy atom. The van der Waals surface area contributed by atoms with E-state index < -0.39 is 17.8 Å². The zero-order valence-corrected chi connectivity index (χ0v) is 15.3. The zero-order chi connectivity index (χ0) is 19.7. The lowest BCUT2D eigenvalue weighted by Gasteiger charge is -2.38. The van der Waals surface area contributed by atoms with Crippen LogP contribution in [-0.2, 0) is 9.59 Å². The summed E-state index contributed by atoms with van der Waals surface area (Å²) in [5.74, 6) is -1.36. The molecule has 0 bridgehead atoms. The number of rotatable bonds is 3. The summed E-state index contributed by atoms with van der Waals surface area (Å²) >= 11 is 0. The summed E-state index contributed by atoms with van der Waals surface area (Å²) in [6, 6.07) is 8.87. The molecule has 144 valence electrons. The number of hydrogen-bond acceptors (Lipinski definition) is 5. The fraction of sp³-hybridized carbons (Fsp3) is 0.286. The van der Waals surface area contributed by atoms with E-state index in [4.69, 9.17) is 0 Å². The molecule has 1 aliphatic carbocycles. The molecule has 1 fully saturated rings. The van der Waals surface area contributed by atoms with Crippen LogP contribution in [0.4, 0.5) is 4.79 Å². The van der Waals surface area contributed by atoms with Crippen LogP contribution in [0.2, 0.25) is 0 Å². The Morgan fingerprint density at radius 1 is 0.964 bits per heavy atom. The molecule has 2 heterocycles. The van der Waals surface area contributed by atoms with Gasteiger partial charge in [-0.05, 0) is 48.5 Å². The highest BCUT2D eigenvalue weighted by molar-refractivity contribution is 6.30. The number of benzene rings is 1. The zero-order valence-electron chi connectivity index (χ0n) is 15.3. The maximum atomic E-state index is 12.5. The summed E-state index contributed by atoms with van der Waals surface area (Å²) in [7, 11) is 0. The van der Waals surface area contributed by atoms with Crippen LogP contribution < -0.4 is 10.6 Å². The minimum atomic E-state index is -0.804. The summed E-state index contributed by atoms with van der Waals surface area (Å²) in [5, 5.41) is 14.0. The fourth-order valence-electron chi connectivity index (χ4n) is 4.06. The van der Waals surface area contributed by atoms with Crippen molar-refractivity contribution in [2.45, 2.75) is 25.7 Å². The third-order valence-corrected chi connectivity index (χ3v) is 5.23. The topological polar surface area (TPSA) is 98.7 Å².